The predicted molar refractivity (Wildman–Crippen MR) is 128 cm³/mol. The minimum absolute atomic E-state index is 0.445. The van der Waals surface area contributed by atoms with E-state index in [2.05, 4.69) is 23.6 Å². The molecule has 3 aromatic carbocycles. The van der Waals surface area contributed by atoms with Crippen LogP contribution in [0.4, 0.5) is 5.69 Å². The Morgan fingerprint density at radius 1 is 0.966 bits per heavy atom. The molecule has 2 N–H and O–H groups in total. The Morgan fingerprint density at radius 2 is 1.62 bits per heavy atom. The number of benzene rings is 3. The first-order valence-corrected chi connectivity index (χ1v) is 11.1. The van der Waals surface area contributed by atoms with Crippen LogP contribution >= 0.6 is 12.2 Å². The van der Waals surface area contributed by atoms with Gasteiger partial charge in [-0.15, -0.1) is 0 Å². The van der Waals surface area contributed by atoms with E-state index in [1.165, 1.54) is 5.56 Å². The molecule has 0 heterocycles. The summed E-state index contributed by atoms with van der Waals surface area (Å²) in [4.78, 5) is 0.708. The monoisotopic (exact) mass is 420 g/mol. The van der Waals surface area contributed by atoms with E-state index in [9.17, 15) is 4.21 Å². The summed E-state index contributed by atoms with van der Waals surface area (Å²) in [6.07, 6.45) is 1.74. The maximum atomic E-state index is 13.1. The van der Waals surface area contributed by atoms with E-state index in [0.717, 1.165) is 22.4 Å². The second-order valence-electron chi connectivity index (χ2n) is 6.77. The Hall–Kier alpha value is -2.76. The summed E-state index contributed by atoms with van der Waals surface area (Å²) in [5, 5.41) is 6.77. The smallest absolute Gasteiger partial charge is 0.174 e. The highest BCUT2D eigenvalue weighted by Gasteiger charge is 2.12. The van der Waals surface area contributed by atoms with Crippen LogP contribution in [0.25, 0.3) is 4.91 Å². The lowest BCUT2D eigenvalue weighted by Gasteiger charge is -2.13. The summed E-state index contributed by atoms with van der Waals surface area (Å²) >= 11 is 5.45. The van der Waals surface area contributed by atoms with E-state index in [0.29, 0.717) is 15.8 Å². The summed E-state index contributed by atoms with van der Waals surface area (Å²) in [5.41, 5.74) is 5.21. The average Bonchev–Trinajstić information content (AvgIpc) is 2.72. The topological polar surface area (TPSA) is 41.1 Å². The van der Waals surface area contributed by atoms with Crippen LogP contribution in [-0.2, 0) is 16.6 Å². The molecule has 3 rings (SSSR count). The number of hydrogen-bond donors (Lipinski definition) is 2. The summed E-state index contributed by atoms with van der Waals surface area (Å²) in [5.74, 6) is 0.445. The van der Waals surface area contributed by atoms with Crippen LogP contribution in [-0.4, -0.2) is 9.32 Å². The molecule has 3 aromatic rings. The molecule has 0 radical (unpaired) electrons. The van der Waals surface area contributed by atoms with Crippen LogP contribution in [0.15, 0.2) is 85.1 Å². The molecule has 29 heavy (non-hydrogen) atoms. The molecule has 0 bridgehead atoms. The molecule has 0 amide bonds. The predicted octanol–water partition coefficient (Wildman–Crippen LogP) is 5.54. The van der Waals surface area contributed by atoms with Gasteiger partial charge in [-0.2, -0.15) is 0 Å². The molecule has 1 atom stereocenters. The van der Waals surface area contributed by atoms with Gasteiger partial charge in [-0.05, 0) is 48.8 Å². The number of aryl methyl sites for hydroxylation is 2. The zero-order valence-corrected chi connectivity index (χ0v) is 18.1. The zero-order valence-electron chi connectivity index (χ0n) is 16.5. The first-order valence-electron chi connectivity index (χ1n) is 9.35. The maximum absolute atomic E-state index is 13.1. The number of rotatable bonds is 6. The lowest BCUT2D eigenvalue weighted by molar-refractivity contribution is 0.688. The van der Waals surface area contributed by atoms with Gasteiger partial charge >= 0.3 is 0 Å². The fourth-order valence-corrected chi connectivity index (χ4v) is 4.34. The highest BCUT2D eigenvalue weighted by atomic mass is 32.2. The number of anilines is 1. The van der Waals surface area contributed by atoms with Gasteiger partial charge in [0.25, 0.3) is 0 Å². The fourth-order valence-electron chi connectivity index (χ4n) is 2.93. The van der Waals surface area contributed by atoms with Crippen LogP contribution in [0.2, 0.25) is 0 Å². The van der Waals surface area contributed by atoms with Gasteiger partial charge in [0.2, 0.25) is 0 Å². The van der Waals surface area contributed by atoms with Gasteiger partial charge in [-0.1, -0.05) is 78.4 Å². The van der Waals surface area contributed by atoms with Crippen LogP contribution in [0.3, 0.4) is 0 Å². The molecule has 148 valence electrons. The van der Waals surface area contributed by atoms with Gasteiger partial charge in [0.1, 0.15) is 0 Å². The minimum atomic E-state index is -1.22. The van der Waals surface area contributed by atoms with Crippen LogP contribution < -0.4 is 10.6 Å². The third-order valence-corrected chi connectivity index (χ3v) is 6.07. The van der Waals surface area contributed by atoms with E-state index in [1.54, 1.807) is 6.20 Å². The molecular weight excluding hydrogens is 396 g/mol. The average molecular weight is 421 g/mol. The summed E-state index contributed by atoms with van der Waals surface area (Å²) in [6.45, 7) is 4.10. The van der Waals surface area contributed by atoms with Crippen molar-refractivity contribution in [3.05, 3.63) is 107 Å². The fraction of sp³-hybridized carbons (Fsp3) is 0.125. The van der Waals surface area contributed by atoms with Crippen molar-refractivity contribution < 1.29 is 4.21 Å². The standard InChI is InChI=1S/C24H24N2OS2/c1-18-13-14-22(19(2)15-18)26-24(28)25-16-23(21-11-7-4-8-12-21)29(27)17-20-9-5-3-6-10-20/h3-16H,17H2,1-2H3,(H2,25,26,28). The lowest BCUT2D eigenvalue weighted by atomic mass is 10.1. The molecule has 0 aliphatic heterocycles. The van der Waals surface area contributed by atoms with E-state index >= 15 is 0 Å². The van der Waals surface area contributed by atoms with Gasteiger partial charge < -0.3 is 10.6 Å². The highest BCUT2D eigenvalue weighted by molar-refractivity contribution is 7.93. The lowest BCUT2D eigenvalue weighted by Crippen LogP contribution is -2.24. The third kappa shape index (κ3) is 6.11. The Balaban J connectivity index is 1.77. The normalized spacial score (nSPS) is 12.3. The molecule has 5 heteroatoms. The second-order valence-corrected chi connectivity index (χ2v) is 8.59. The molecular formula is C24H24N2OS2. The molecule has 0 aliphatic carbocycles. The van der Waals surface area contributed by atoms with Crippen molar-refractivity contribution in [3.8, 4) is 0 Å². The van der Waals surface area contributed by atoms with Crippen molar-refractivity contribution in [2.75, 3.05) is 5.32 Å². The molecule has 0 aliphatic rings. The molecule has 0 saturated carbocycles. The highest BCUT2D eigenvalue weighted by Crippen LogP contribution is 2.21. The van der Waals surface area contributed by atoms with E-state index in [-0.39, 0.29) is 0 Å². The summed E-state index contributed by atoms with van der Waals surface area (Å²) in [7, 11) is -1.22. The van der Waals surface area contributed by atoms with Gasteiger partial charge in [0, 0.05) is 11.9 Å². The largest absolute Gasteiger partial charge is 0.338 e. The Bertz CT molecular complexity index is 1030. The molecule has 0 aromatic heterocycles. The molecule has 0 fully saturated rings. The quantitative estimate of drug-likeness (QED) is 0.514. The van der Waals surface area contributed by atoms with Gasteiger partial charge in [0.05, 0.1) is 21.5 Å². The molecule has 1 unspecified atom stereocenters. The Morgan fingerprint density at radius 3 is 2.28 bits per heavy atom. The second kappa shape index (κ2) is 10.1. The van der Waals surface area contributed by atoms with Crippen LogP contribution in [0.1, 0.15) is 22.3 Å². The molecule has 3 nitrogen and oxygen atoms in total. The van der Waals surface area contributed by atoms with E-state index in [4.69, 9.17) is 12.2 Å². The van der Waals surface area contributed by atoms with Gasteiger partial charge in [-0.25, -0.2) is 0 Å². The molecule has 0 spiro atoms. The third-order valence-electron chi connectivity index (χ3n) is 4.41. The van der Waals surface area contributed by atoms with E-state index in [1.807, 2.05) is 79.7 Å². The first kappa shape index (κ1) is 21.0. The van der Waals surface area contributed by atoms with Gasteiger partial charge in [0.15, 0.2) is 5.11 Å². The Kier molecular flexibility index (Phi) is 7.33. The van der Waals surface area contributed by atoms with Crippen molar-refractivity contribution in [1.29, 1.82) is 0 Å². The first-order chi connectivity index (χ1) is 14.0. The summed E-state index contributed by atoms with van der Waals surface area (Å²) in [6, 6.07) is 25.7. The number of nitrogens with one attached hydrogen (secondary N) is 2. The van der Waals surface area contributed by atoms with Crippen molar-refractivity contribution in [2.45, 2.75) is 19.6 Å². The molecule has 0 saturated heterocycles. The SMILES string of the molecule is Cc1ccc(NC(=S)NC=C(c2ccccc2)S(=O)Cc2ccccc2)c(C)c1. The van der Waals surface area contributed by atoms with E-state index < -0.39 is 10.8 Å². The number of hydrogen-bond acceptors (Lipinski definition) is 2. The maximum Gasteiger partial charge on any atom is 0.174 e. The van der Waals surface area contributed by atoms with Crippen molar-refractivity contribution in [2.24, 2.45) is 0 Å². The van der Waals surface area contributed by atoms with Crippen molar-refractivity contribution >= 4 is 38.7 Å². The summed E-state index contributed by atoms with van der Waals surface area (Å²) < 4.78 is 13.1. The van der Waals surface area contributed by atoms with Crippen molar-refractivity contribution in [1.82, 2.24) is 5.32 Å². The van der Waals surface area contributed by atoms with Crippen LogP contribution in [0.5, 0.6) is 0 Å². The number of thiocarbonyl (C=S) groups is 1. The zero-order chi connectivity index (χ0) is 20.6. The van der Waals surface area contributed by atoms with Crippen LogP contribution in [0, 0.1) is 13.8 Å². The van der Waals surface area contributed by atoms with Gasteiger partial charge in [-0.3, -0.25) is 4.21 Å². The Labute approximate surface area is 180 Å². The van der Waals surface area contributed by atoms with Crippen molar-refractivity contribution in [3.63, 3.8) is 0 Å². The minimum Gasteiger partial charge on any atom is -0.338 e.